The molecule has 2 aliphatic rings. The van der Waals surface area contributed by atoms with Gasteiger partial charge in [0.25, 0.3) is 5.91 Å². The number of nitrogens with zero attached hydrogens (tertiary/aromatic N) is 3. The maximum atomic E-state index is 13.5. The van der Waals surface area contributed by atoms with Gasteiger partial charge >= 0.3 is 0 Å². The first-order chi connectivity index (χ1) is 17.8. The molecule has 2 amide bonds. The van der Waals surface area contributed by atoms with E-state index >= 15 is 0 Å². The van der Waals surface area contributed by atoms with Crippen molar-refractivity contribution in [2.75, 3.05) is 5.32 Å². The van der Waals surface area contributed by atoms with E-state index in [4.69, 9.17) is 16.7 Å². The van der Waals surface area contributed by atoms with Crippen molar-refractivity contribution >= 4 is 51.7 Å². The van der Waals surface area contributed by atoms with Crippen molar-refractivity contribution < 1.29 is 18.4 Å². The summed E-state index contributed by atoms with van der Waals surface area (Å²) in [6.07, 6.45) is 0.420. The number of hydrogen-bond acceptors (Lipinski definition) is 5. The van der Waals surface area contributed by atoms with E-state index < -0.39 is 28.7 Å². The number of aliphatic imine (C=N–C) groups is 1. The molecule has 188 valence electrons. The third-order valence-corrected chi connectivity index (χ3v) is 7.44. The van der Waals surface area contributed by atoms with Crippen LogP contribution in [0.4, 0.5) is 14.5 Å². The van der Waals surface area contributed by atoms with E-state index in [0.717, 1.165) is 46.3 Å². The van der Waals surface area contributed by atoms with Gasteiger partial charge < -0.3 is 5.32 Å². The smallest absolute Gasteiger partial charge is 0.262 e. The molecular formula is C27H21ClF2N4O2S. The molecule has 0 radical (unpaired) electrons. The highest BCUT2D eigenvalue weighted by atomic mass is 35.5. The van der Waals surface area contributed by atoms with Gasteiger partial charge in [-0.2, -0.15) is 10.1 Å². The third kappa shape index (κ3) is 5.57. The van der Waals surface area contributed by atoms with E-state index in [9.17, 15) is 18.4 Å². The molecule has 37 heavy (non-hydrogen) atoms. The number of amides is 2. The predicted octanol–water partition coefficient (Wildman–Crippen LogP) is 6.10. The van der Waals surface area contributed by atoms with Gasteiger partial charge in [-0.25, -0.2) is 13.8 Å². The van der Waals surface area contributed by atoms with Crippen LogP contribution in [0, 0.1) is 18.6 Å². The maximum Gasteiger partial charge on any atom is 0.262 e. The summed E-state index contributed by atoms with van der Waals surface area (Å²) in [6.45, 7) is 2.02. The minimum Gasteiger partial charge on any atom is -0.326 e. The van der Waals surface area contributed by atoms with E-state index in [1.165, 1.54) is 6.07 Å². The first-order valence-corrected chi connectivity index (χ1v) is 12.8. The molecule has 1 N–H and O–H groups in total. The lowest BCUT2D eigenvalue weighted by atomic mass is 9.98. The molecule has 6 nitrogen and oxygen atoms in total. The molecule has 0 unspecified atom stereocenters. The number of amidine groups is 1. The van der Waals surface area contributed by atoms with Crippen LogP contribution in [0.3, 0.4) is 0 Å². The van der Waals surface area contributed by atoms with Gasteiger partial charge in [0.05, 0.1) is 11.8 Å². The Hall–Kier alpha value is -3.56. The minimum absolute atomic E-state index is 0.107. The molecule has 3 aromatic rings. The Bertz CT molecular complexity index is 1430. The SMILES string of the molecule is Cc1ccc(C2=NN(C3=NC(=O)[C@@H](CC(=O)Nc4ccc(F)c(F)c4)S3)[C@@H](c3ccc(Cl)cc3)C2)cc1. The quantitative estimate of drug-likeness (QED) is 0.426. The summed E-state index contributed by atoms with van der Waals surface area (Å²) in [7, 11) is 0. The monoisotopic (exact) mass is 538 g/mol. The summed E-state index contributed by atoms with van der Waals surface area (Å²) in [5.41, 5.74) is 4.04. The van der Waals surface area contributed by atoms with E-state index in [-0.39, 0.29) is 18.2 Å². The van der Waals surface area contributed by atoms with Gasteiger partial charge in [-0.05, 0) is 42.3 Å². The van der Waals surface area contributed by atoms with Gasteiger partial charge in [0, 0.05) is 29.6 Å². The highest BCUT2D eigenvalue weighted by Crippen LogP contribution is 2.39. The number of benzene rings is 3. The minimum atomic E-state index is -1.07. The number of rotatable bonds is 5. The Labute approximate surface area is 221 Å². The first-order valence-electron chi connectivity index (χ1n) is 11.5. The highest BCUT2D eigenvalue weighted by Gasteiger charge is 2.39. The van der Waals surface area contributed by atoms with E-state index in [1.807, 2.05) is 43.3 Å². The number of aryl methyl sites for hydroxylation is 1. The van der Waals surface area contributed by atoms with Gasteiger partial charge in [0.15, 0.2) is 16.8 Å². The second kappa shape index (κ2) is 10.4. The number of anilines is 1. The summed E-state index contributed by atoms with van der Waals surface area (Å²) in [6, 6.07) is 18.4. The van der Waals surface area contributed by atoms with E-state index in [1.54, 1.807) is 17.1 Å². The third-order valence-electron chi connectivity index (χ3n) is 6.05. The Balaban J connectivity index is 1.34. The lowest BCUT2D eigenvalue weighted by molar-refractivity contribution is -0.121. The van der Waals surface area contributed by atoms with Crippen molar-refractivity contribution in [3.8, 4) is 0 Å². The molecule has 0 aromatic heterocycles. The van der Waals surface area contributed by atoms with Crippen LogP contribution < -0.4 is 5.32 Å². The number of carbonyl (C=O) groups is 2. The fourth-order valence-corrected chi connectivity index (χ4v) is 5.30. The summed E-state index contributed by atoms with van der Waals surface area (Å²) >= 11 is 7.25. The molecule has 10 heteroatoms. The van der Waals surface area contributed by atoms with Crippen LogP contribution in [0.2, 0.25) is 5.02 Å². The fraction of sp³-hybridized carbons (Fsp3) is 0.185. The van der Waals surface area contributed by atoms with Gasteiger partial charge in [-0.3, -0.25) is 9.59 Å². The molecule has 2 heterocycles. The zero-order chi connectivity index (χ0) is 26.1. The topological polar surface area (TPSA) is 74.1 Å². The fourth-order valence-electron chi connectivity index (χ4n) is 4.11. The van der Waals surface area contributed by atoms with Gasteiger partial charge in [0.2, 0.25) is 5.91 Å². The second-order valence-electron chi connectivity index (χ2n) is 8.75. The molecule has 0 spiro atoms. The van der Waals surface area contributed by atoms with Crippen molar-refractivity contribution in [2.45, 2.75) is 31.1 Å². The van der Waals surface area contributed by atoms with Crippen LogP contribution in [0.15, 0.2) is 76.8 Å². The van der Waals surface area contributed by atoms with Crippen LogP contribution in [-0.2, 0) is 9.59 Å². The standard InChI is InChI=1S/C27H21ClF2N4O2S/c1-15-2-4-16(5-3-15)22-13-23(17-6-8-18(28)9-7-17)34(33-22)27-32-26(36)24(37-27)14-25(35)31-19-10-11-20(29)21(30)12-19/h2-12,23-24H,13-14H2,1H3,(H,31,35)/t23-,24-/m1/s1. The lowest BCUT2D eigenvalue weighted by Crippen LogP contribution is -2.25. The zero-order valence-electron chi connectivity index (χ0n) is 19.6. The Kier molecular flexibility index (Phi) is 7.08. The van der Waals surface area contributed by atoms with Gasteiger partial charge in [-0.15, -0.1) is 0 Å². The summed E-state index contributed by atoms with van der Waals surface area (Å²) in [4.78, 5) is 29.5. The Morgan fingerprint density at radius 2 is 1.81 bits per heavy atom. The van der Waals surface area contributed by atoms with Crippen molar-refractivity contribution in [3.63, 3.8) is 0 Å². The average molecular weight is 539 g/mol. The highest BCUT2D eigenvalue weighted by molar-refractivity contribution is 8.15. The first kappa shape index (κ1) is 25.1. The normalized spacial score (nSPS) is 19.1. The summed E-state index contributed by atoms with van der Waals surface area (Å²) in [5.74, 6) is -3.04. The number of hydrogen-bond donors (Lipinski definition) is 1. The van der Waals surface area contributed by atoms with Crippen LogP contribution >= 0.6 is 23.4 Å². The number of carbonyl (C=O) groups excluding carboxylic acids is 2. The van der Waals surface area contributed by atoms with E-state index in [0.29, 0.717) is 16.6 Å². The number of nitrogens with one attached hydrogen (secondary N) is 1. The van der Waals surface area contributed by atoms with E-state index in [2.05, 4.69) is 10.3 Å². The van der Waals surface area contributed by atoms with Crippen LogP contribution in [0.25, 0.3) is 0 Å². The predicted molar refractivity (Wildman–Crippen MR) is 142 cm³/mol. The molecule has 5 rings (SSSR count). The van der Waals surface area contributed by atoms with Crippen molar-refractivity contribution in [1.82, 2.24) is 5.01 Å². The lowest BCUT2D eigenvalue weighted by Gasteiger charge is -2.23. The molecule has 0 saturated carbocycles. The Morgan fingerprint density at radius 1 is 1.08 bits per heavy atom. The van der Waals surface area contributed by atoms with Crippen LogP contribution in [0.5, 0.6) is 0 Å². The number of thioether (sulfide) groups is 1. The molecule has 0 bridgehead atoms. The van der Waals surface area contributed by atoms with Gasteiger partial charge in [0.1, 0.15) is 5.25 Å². The van der Waals surface area contributed by atoms with Crippen molar-refractivity contribution in [2.24, 2.45) is 10.1 Å². The molecule has 2 atom stereocenters. The zero-order valence-corrected chi connectivity index (χ0v) is 21.2. The van der Waals surface area contributed by atoms with Crippen molar-refractivity contribution in [1.29, 1.82) is 0 Å². The Morgan fingerprint density at radius 3 is 2.51 bits per heavy atom. The average Bonchev–Trinajstić information content (AvgIpc) is 3.46. The molecule has 0 fully saturated rings. The molecule has 0 saturated heterocycles. The largest absolute Gasteiger partial charge is 0.326 e. The molecular weight excluding hydrogens is 518 g/mol. The second-order valence-corrected chi connectivity index (χ2v) is 10.4. The molecule has 3 aromatic carbocycles. The van der Waals surface area contributed by atoms with Gasteiger partial charge in [-0.1, -0.05) is 65.3 Å². The summed E-state index contributed by atoms with van der Waals surface area (Å²) in [5, 5.41) is 9.30. The molecule has 2 aliphatic heterocycles. The van der Waals surface area contributed by atoms with Crippen molar-refractivity contribution in [3.05, 3.63) is 100 Å². The number of hydrazone groups is 1. The molecule has 0 aliphatic carbocycles. The maximum absolute atomic E-state index is 13.5. The van der Waals surface area contributed by atoms with Crippen LogP contribution in [-0.4, -0.2) is 33.0 Å². The van der Waals surface area contributed by atoms with Crippen LogP contribution in [0.1, 0.15) is 35.6 Å². The summed E-state index contributed by atoms with van der Waals surface area (Å²) < 4.78 is 26.6. The number of halogens is 3.